The summed E-state index contributed by atoms with van der Waals surface area (Å²) in [5, 5.41) is 7.25. The Morgan fingerprint density at radius 1 is 1.20 bits per heavy atom. The number of benzene rings is 2. The lowest BCUT2D eigenvalue weighted by Gasteiger charge is -2.16. The van der Waals surface area contributed by atoms with E-state index in [4.69, 9.17) is 27.9 Å². The topological polar surface area (TPSA) is 50.4 Å². The summed E-state index contributed by atoms with van der Waals surface area (Å²) in [4.78, 5) is 12.0. The first-order valence-electron chi connectivity index (χ1n) is 8.07. The molecule has 2 rings (SSSR count). The Labute approximate surface area is 158 Å². The maximum Gasteiger partial charge on any atom is 0.233 e. The summed E-state index contributed by atoms with van der Waals surface area (Å²) in [6, 6.07) is 13.1. The van der Waals surface area contributed by atoms with Crippen molar-refractivity contribution in [3.63, 3.8) is 0 Å². The van der Waals surface area contributed by atoms with Gasteiger partial charge in [-0.1, -0.05) is 41.4 Å². The van der Waals surface area contributed by atoms with E-state index in [1.54, 1.807) is 19.2 Å². The van der Waals surface area contributed by atoms with Crippen molar-refractivity contribution in [3.05, 3.63) is 63.6 Å². The molecule has 0 bridgehead atoms. The van der Waals surface area contributed by atoms with Crippen molar-refractivity contribution in [2.75, 3.05) is 20.2 Å². The van der Waals surface area contributed by atoms with Gasteiger partial charge in [-0.25, -0.2) is 0 Å². The summed E-state index contributed by atoms with van der Waals surface area (Å²) in [6.07, 6.45) is 0.751. The first kappa shape index (κ1) is 19.6. The second-order valence-electron chi connectivity index (χ2n) is 5.72. The van der Waals surface area contributed by atoms with Crippen molar-refractivity contribution < 1.29 is 9.53 Å². The third-order valence-corrected chi connectivity index (χ3v) is 4.43. The maximum atomic E-state index is 12.0. The molecule has 0 aliphatic heterocycles. The molecule has 6 heteroatoms. The van der Waals surface area contributed by atoms with E-state index in [9.17, 15) is 4.79 Å². The fourth-order valence-corrected chi connectivity index (χ4v) is 3.02. The molecule has 1 amide bonds. The van der Waals surface area contributed by atoms with E-state index in [2.05, 4.69) is 10.6 Å². The third kappa shape index (κ3) is 6.24. The van der Waals surface area contributed by atoms with Crippen LogP contribution >= 0.6 is 23.2 Å². The number of halogens is 2. The molecule has 0 heterocycles. The predicted molar refractivity (Wildman–Crippen MR) is 103 cm³/mol. The van der Waals surface area contributed by atoms with Crippen LogP contribution in [0.1, 0.15) is 24.1 Å². The van der Waals surface area contributed by atoms with Gasteiger partial charge in [-0.2, -0.15) is 0 Å². The second-order valence-corrected chi connectivity index (χ2v) is 6.56. The van der Waals surface area contributed by atoms with Crippen LogP contribution in [0, 0.1) is 0 Å². The van der Waals surface area contributed by atoms with E-state index in [0.717, 1.165) is 23.3 Å². The Morgan fingerprint density at radius 2 is 2.00 bits per heavy atom. The van der Waals surface area contributed by atoms with Crippen LogP contribution < -0.4 is 15.4 Å². The maximum absolute atomic E-state index is 12.0. The van der Waals surface area contributed by atoms with E-state index in [0.29, 0.717) is 16.6 Å². The third-order valence-electron chi connectivity index (χ3n) is 3.87. The van der Waals surface area contributed by atoms with Gasteiger partial charge in [-0.15, -0.1) is 0 Å². The molecule has 0 radical (unpaired) electrons. The fourth-order valence-electron chi connectivity index (χ4n) is 2.45. The number of nitrogens with one attached hydrogen (secondary N) is 2. The second kappa shape index (κ2) is 9.66. The SMILES string of the molecule is COc1cccc(CCNC(=O)CNC(C)c2ccc(Cl)cc2Cl)c1. The monoisotopic (exact) mass is 380 g/mol. The van der Waals surface area contributed by atoms with Crippen LogP contribution in [-0.4, -0.2) is 26.1 Å². The molecule has 2 aromatic rings. The molecule has 1 atom stereocenters. The Kier molecular flexibility index (Phi) is 7.56. The van der Waals surface area contributed by atoms with Crippen LogP contribution in [0.3, 0.4) is 0 Å². The summed E-state index contributed by atoms with van der Waals surface area (Å²) >= 11 is 12.1. The highest BCUT2D eigenvalue weighted by molar-refractivity contribution is 6.35. The molecular weight excluding hydrogens is 359 g/mol. The van der Waals surface area contributed by atoms with E-state index >= 15 is 0 Å². The molecule has 0 aliphatic rings. The van der Waals surface area contributed by atoms with Crippen molar-refractivity contribution in [1.29, 1.82) is 0 Å². The Balaban J connectivity index is 1.74. The zero-order valence-electron chi connectivity index (χ0n) is 14.3. The van der Waals surface area contributed by atoms with Gasteiger partial charge in [0.2, 0.25) is 5.91 Å². The number of rotatable bonds is 8. The van der Waals surface area contributed by atoms with Gasteiger partial charge in [0.1, 0.15) is 5.75 Å². The largest absolute Gasteiger partial charge is 0.497 e. The number of carbonyl (C=O) groups excluding carboxylic acids is 1. The summed E-state index contributed by atoms with van der Waals surface area (Å²) in [6.45, 7) is 2.75. The highest BCUT2D eigenvalue weighted by atomic mass is 35.5. The average Bonchev–Trinajstić information content (AvgIpc) is 2.60. The van der Waals surface area contributed by atoms with Crippen LogP contribution in [-0.2, 0) is 11.2 Å². The minimum Gasteiger partial charge on any atom is -0.497 e. The first-order chi connectivity index (χ1) is 12.0. The Hall–Kier alpha value is -1.75. The predicted octanol–water partition coefficient (Wildman–Crippen LogP) is 4.01. The van der Waals surface area contributed by atoms with Crippen LogP contribution in [0.2, 0.25) is 10.0 Å². The molecule has 1 unspecified atom stereocenters. The molecule has 25 heavy (non-hydrogen) atoms. The van der Waals surface area contributed by atoms with E-state index < -0.39 is 0 Å². The lowest BCUT2D eigenvalue weighted by atomic mass is 10.1. The normalized spacial score (nSPS) is 11.8. The van der Waals surface area contributed by atoms with Crippen LogP contribution in [0.5, 0.6) is 5.75 Å². The average molecular weight is 381 g/mol. The van der Waals surface area contributed by atoms with Gasteiger partial charge < -0.3 is 15.4 Å². The van der Waals surface area contributed by atoms with Crippen molar-refractivity contribution in [2.45, 2.75) is 19.4 Å². The van der Waals surface area contributed by atoms with Gasteiger partial charge in [0, 0.05) is 22.6 Å². The number of hydrogen-bond acceptors (Lipinski definition) is 3. The number of methoxy groups -OCH3 is 1. The zero-order valence-corrected chi connectivity index (χ0v) is 15.8. The van der Waals surface area contributed by atoms with Crippen molar-refractivity contribution in [2.24, 2.45) is 0 Å². The Bertz CT molecular complexity index is 722. The van der Waals surface area contributed by atoms with E-state index in [1.165, 1.54) is 0 Å². The minimum atomic E-state index is -0.0557. The van der Waals surface area contributed by atoms with Gasteiger partial charge in [-0.3, -0.25) is 4.79 Å². The highest BCUT2D eigenvalue weighted by Gasteiger charge is 2.11. The van der Waals surface area contributed by atoms with Crippen LogP contribution in [0.15, 0.2) is 42.5 Å². The number of hydrogen-bond donors (Lipinski definition) is 2. The molecule has 0 fully saturated rings. The quantitative estimate of drug-likeness (QED) is 0.727. The summed E-state index contributed by atoms with van der Waals surface area (Å²) in [7, 11) is 1.64. The molecule has 0 aliphatic carbocycles. The number of amides is 1. The van der Waals surface area contributed by atoms with Gasteiger partial charge >= 0.3 is 0 Å². The molecule has 134 valence electrons. The first-order valence-corrected chi connectivity index (χ1v) is 8.83. The zero-order chi connectivity index (χ0) is 18.2. The van der Waals surface area contributed by atoms with Crippen molar-refractivity contribution in [1.82, 2.24) is 10.6 Å². The van der Waals surface area contributed by atoms with E-state index in [1.807, 2.05) is 37.3 Å². The van der Waals surface area contributed by atoms with Gasteiger partial charge in [0.05, 0.1) is 13.7 Å². The van der Waals surface area contributed by atoms with Crippen LogP contribution in [0.4, 0.5) is 0 Å². The number of ether oxygens (including phenoxy) is 1. The summed E-state index contributed by atoms with van der Waals surface area (Å²) in [5.41, 5.74) is 2.03. The molecule has 0 saturated carbocycles. The van der Waals surface area contributed by atoms with Crippen molar-refractivity contribution >= 4 is 29.1 Å². The Morgan fingerprint density at radius 3 is 2.72 bits per heavy atom. The molecule has 2 N–H and O–H groups in total. The smallest absolute Gasteiger partial charge is 0.233 e. The molecule has 4 nitrogen and oxygen atoms in total. The van der Waals surface area contributed by atoms with Crippen molar-refractivity contribution in [3.8, 4) is 5.75 Å². The molecular formula is C19H22Cl2N2O2. The standard InChI is InChI=1S/C19H22Cl2N2O2/c1-13(17-7-6-15(20)11-18(17)21)23-12-19(24)22-9-8-14-4-3-5-16(10-14)25-2/h3-7,10-11,13,23H,8-9,12H2,1-2H3,(H,22,24). The number of carbonyl (C=O) groups is 1. The molecule has 0 spiro atoms. The van der Waals surface area contributed by atoms with E-state index in [-0.39, 0.29) is 18.5 Å². The molecule has 0 aromatic heterocycles. The lowest BCUT2D eigenvalue weighted by molar-refractivity contribution is -0.120. The van der Waals surface area contributed by atoms with Crippen LogP contribution in [0.25, 0.3) is 0 Å². The summed E-state index contributed by atoms with van der Waals surface area (Å²) in [5.74, 6) is 0.763. The van der Waals surface area contributed by atoms with Gasteiger partial charge in [-0.05, 0) is 48.7 Å². The van der Waals surface area contributed by atoms with Gasteiger partial charge in [0.15, 0.2) is 0 Å². The highest BCUT2D eigenvalue weighted by Crippen LogP contribution is 2.25. The minimum absolute atomic E-state index is 0.0473. The fraction of sp³-hybridized carbons (Fsp3) is 0.316. The molecule has 2 aromatic carbocycles. The molecule has 0 saturated heterocycles. The lowest BCUT2D eigenvalue weighted by Crippen LogP contribution is -2.36. The summed E-state index contributed by atoms with van der Waals surface area (Å²) < 4.78 is 5.19. The van der Waals surface area contributed by atoms with Gasteiger partial charge in [0.25, 0.3) is 0 Å².